The summed E-state index contributed by atoms with van der Waals surface area (Å²) in [5.41, 5.74) is 0. The zero-order chi connectivity index (χ0) is 14.3. The van der Waals surface area contributed by atoms with Crippen LogP contribution in [0.15, 0.2) is 4.99 Å². The molecule has 1 saturated heterocycles. The van der Waals surface area contributed by atoms with Crippen LogP contribution in [0.25, 0.3) is 0 Å². The topological polar surface area (TPSA) is 46.1 Å². The summed E-state index contributed by atoms with van der Waals surface area (Å²) in [5.74, 6) is 0.950. The summed E-state index contributed by atoms with van der Waals surface area (Å²) in [6, 6.07) is 0. The maximum absolute atomic E-state index is 5.66. The molecule has 0 radical (unpaired) electrons. The third-order valence-corrected chi connectivity index (χ3v) is 4.48. The molecular weight excluding hydrogens is 389 g/mol. The highest BCUT2D eigenvalue weighted by Gasteiger charge is 2.24. The number of aliphatic imine (C=N–C) groups is 1. The van der Waals surface area contributed by atoms with Crippen molar-refractivity contribution in [3.05, 3.63) is 0 Å². The van der Waals surface area contributed by atoms with E-state index in [4.69, 9.17) is 9.47 Å². The number of rotatable bonds is 5. The molecule has 1 unspecified atom stereocenters. The predicted molar refractivity (Wildman–Crippen MR) is 97.6 cm³/mol. The first-order valence-corrected chi connectivity index (χ1v) is 7.86. The summed E-state index contributed by atoms with van der Waals surface area (Å²) in [5, 5.41) is 3.45. The summed E-state index contributed by atoms with van der Waals surface area (Å²) in [6.07, 6.45) is 2.26. The van der Waals surface area contributed by atoms with Gasteiger partial charge in [0.1, 0.15) is 0 Å². The van der Waals surface area contributed by atoms with Gasteiger partial charge in [0, 0.05) is 38.5 Å². The number of halogens is 1. The Labute approximate surface area is 144 Å². The van der Waals surface area contributed by atoms with Gasteiger partial charge in [-0.15, -0.1) is 24.0 Å². The van der Waals surface area contributed by atoms with Crippen LogP contribution in [-0.2, 0) is 9.47 Å². The van der Waals surface area contributed by atoms with E-state index in [9.17, 15) is 0 Å². The maximum Gasteiger partial charge on any atom is 0.193 e. The molecule has 0 aliphatic carbocycles. The SMILES string of the molecule is CN=C(NCC(C)(C)SC)N1CCOC(COC)C1.I. The molecular formula is C13H28IN3O2S. The lowest BCUT2D eigenvalue weighted by molar-refractivity contribution is -0.0447. The lowest BCUT2D eigenvalue weighted by Crippen LogP contribution is -2.53. The zero-order valence-corrected chi connectivity index (χ0v) is 16.3. The molecule has 120 valence electrons. The number of thioether (sulfide) groups is 1. The van der Waals surface area contributed by atoms with Crippen LogP contribution in [0.3, 0.4) is 0 Å². The van der Waals surface area contributed by atoms with Gasteiger partial charge in [0.15, 0.2) is 5.96 Å². The van der Waals surface area contributed by atoms with Gasteiger partial charge < -0.3 is 19.7 Å². The van der Waals surface area contributed by atoms with Gasteiger partial charge in [0.25, 0.3) is 0 Å². The summed E-state index contributed by atoms with van der Waals surface area (Å²) >= 11 is 1.85. The average molecular weight is 417 g/mol. The standard InChI is InChI=1S/C13H27N3O2S.HI/c1-13(2,19-5)10-15-12(14-3)16-6-7-18-11(8-16)9-17-4;/h11H,6-10H2,1-5H3,(H,14,15);1H. The van der Waals surface area contributed by atoms with Crippen LogP contribution in [0, 0.1) is 0 Å². The molecule has 0 amide bonds. The third kappa shape index (κ3) is 6.82. The number of morpholine rings is 1. The fourth-order valence-corrected chi connectivity index (χ4v) is 2.11. The minimum absolute atomic E-state index is 0. The third-order valence-electron chi connectivity index (χ3n) is 3.23. The first-order valence-electron chi connectivity index (χ1n) is 6.63. The number of guanidine groups is 1. The van der Waals surface area contributed by atoms with Gasteiger partial charge in [0.05, 0.1) is 19.3 Å². The lowest BCUT2D eigenvalue weighted by Gasteiger charge is -2.35. The Morgan fingerprint density at radius 1 is 1.55 bits per heavy atom. The fourth-order valence-electron chi connectivity index (χ4n) is 1.89. The van der Waals surface area contributed by atoms with E-state index >= 15 is 0 Å². The molecule has 1 fully saturated rings. The molecule has 20 heavy (non-hydrogen) atoms. The Balaban J connectivity index is 0.00000361. The van der Waals surface area contributed by atoms with E-state index in [0.29, 0.717) is 6.61 Å². The number of hydrogen-bond acceptors (Lipinski definition) is 4. The van der Waals surface area contributed by atoms with Gasteiger partial charge in [-0.05, 0) is 20.1 Å². The summed E-state index contributed by atoms with van der Waals surface area (Å²) in [4.78, 5) is 6.61. The van der Waals surface area contributed by atoms with Crippen molar-refractivity contribution in [1.82, 2.24) is 10.2 Å². The van der Waals surface area contributed by atoms with Crippen LogP contribution in [0.4, 0.5) is 0 Å². The molecule has 7 heteroatoms. The average Bonchev–Trinajstić information content (AvgIpc) is 2.40. The Hall–Kier alpha value is 0.270. The fraction of sp³-hybridized carbons (Fsp3) is 0.923. The number of ether oxygens (including phenoxy) is 2. The Bertz CT molecular complexity index is 301. The summed E-state index contributed by atoms with van der Waals surface area (Å²) < 4.78 is 11.0. The molecule has 1 heterocycles. The van der Waals surface area contributed by atoms with Crippen molar-refractivity contribution in [2.75, 3.05) is 53.3 Å². The van der Waals surface area contributed by atoms with Crippen LogP contribution in [0.1, 0.15) is 13.8 Å². The predicted octanol–water partition coefficient (Wildman–Crippen LogP) is 1.67. The second kappa shape index (κ2) is 10.1. The van der Waals surface area contributed by atoms with Crippen molar-refractivity contribution < 1.29 is 9.47 Å². The van der Waals surface area contributed by atoms with Gasteiger partial charge >= 0.3 is 0 Å². The van der Waals surface area contributed by atoms with Gasteiger partial charge in [-0.2, -0.15) is 11.8 Å². The van der Waals surface area contributed by atoms with E-state index in [-0.39, 0.29) is 34.8 Å². The Morgan fingerprint density at radius 3 is 2.80 bits per heavy atom. The molecule has 1 aliphatic heterocycles. The molecule has 1 rings (SSSR count). The zero-order valence-electron chi connectivity index (χ0n) is 13.1. The van der Waals surface area contributed by atoms with Crippen molar-refractivity contribution in [1.29, 1.82) is 0 Å². The number of nitrogens with one attached hydrogen (secondary N) is 1. The van der Waals surface area contributed by atoms with E-state index in [1.54, 1.807) is 7.11 Å². The van der Waals surface area contributed by atoms with Gasteiger partial charge in [-0.25, -0.2) is 0 Å². The number of hydrogen-bond donors (Lipinski definition) is 1. The molecule has 0 aromatic carbocycles. The second-order valence-electron chi connectivity index (χ2n) is 5.26. The minimum Gasteiger partial charge on any atom is -0.382 e. The van der Waals surface area contributed by atoms with Crippen molar-refractivity contribution in [3.63, 3.8) is 0 Å². The van der Waals surface area contributed by atoms with Crippen LogP contribution in [-0.4, -0.2) is 75.0 Å². The molecule has 0 aromatic rings. The van der Waals surface area contributed by atoms with Crippen LogP contribution in [0.5, 0.6) is 0 Å². The Morgan fingerprint density at radius 2 is 2.25 bits per heavy atom. The van der Waals surface area contributed by atoms with Gasteiger partial charge in [-0.1, -0.05) is 0 Å². The molecule has 1 atom stereocenters. The first kappa shape index (κ1) is 20.3. The van der Waals surface area contributed by atoms with E-state index < -0.39 is 0 Å². The van der Waals surface area contributed by atoms with E-state index in [1.807, 2.05) is 18.8 Å². The summed E-state index contributed by atoms with van der Waals surface area (Å²) in [7, 11) is 3.53. The van der Waals surface area contributed by atoms with Gasteiger partial charge in [0.2, 0.25) is 0 Å². The molecule has 0 saturated carbocycles. The quantitative estimate of drug-likeness (QED) is 0.419. The van der Waals surface area contributed by atoms with Crippen LogP contribution in [0.2, 0.25) is 0 Å². The second-order valence-corrected chi connectivity index (χ2v) is 6.77. The smallest absolute Gasteiger partial charge is 0.193 e. The normalized spacial score (nSPS) is 20.6. The largest absolute Gasteiger partial charge is 0.382 e. The lowest BCUT2D eigenvalue weighted by atomic mass is 10.2. The highest BCUT2D eigenvalue weighted by atomic mass is 127. The summed E-state index contributed by atoms with van der Waals surface area (Å²) in [6.45, 7) is 8.40. The molecule has 1 N–H and O–H groups in total. The van der Waals surface area contributed by atoms with Crippen LogP contribution >= 0.6 is 35.7 Å². The first-order chi connectivity index (χ1) is 9.02. The van der Waals surface area contributed by atoms with Crippen molar-refractivity contribution in [3.8, 4) is 0 Å². The highest BCUT2D eigenvalue weighted by Crippen LogP contribution is 2.19. The van der Waals surface area contributed by atoms with Gasteiger partial charge in [-0.3, -0.25) is 4.99 Å². The molecule has 0 bridgehead atoms. The maximum atomic E-state index is 5.66. The monoisotopic (exact) mass is 417 g/mol. The van der Waals surface area contributed by atoms with Crippen LogP contribution < -0.4 is 5.32 Å². The molecule has 0 aromatic heterocycles. The van der Waals surface area contributed by atoms with E-state index in [0.717, 1.165) is 32.2 Å². The Kier molecular flexibility index (Phi) is 10.2. The molecule has 5 nitrogen and oxygen atoms in total. The number of nitrogens with zero attached hydrogens (tertiary/aromatic N) is 2. The van der Waals surface area contributed by atoms with Crippen molar-refractivity contribution in [2.45, 2.75) is 24.7 Å². The van der Waals surface area contributed by atoms with E-state index in [1.165, 1.54) is 0 Å². The molecule has 1 aliphatic rings. The number of methoxy groups -OCH3 is 1. The highest BCUT2D eigenvalue weighted by molar-refractivity contribution is 14.0. The van der Waals surface area contributed by atoms with Crippen molar-refractivity contribution in [2.24, 2.45) is 4.99 Å². The van der Waals surface area contributed by atoms with Crippen molar-refractivity contribution >= 4 is 41.7 Å². The minimum atomic E-state index is 0. The molecule has 0 spiro atoms. The van der Waals surface area contributed by atoms with E-state index in [2.05, 4.69) is 35.3 Å².